The number of hydrogen-bond donors (Lipinski definition) is 1. The lowest BCUT2D eigenvalue weighted by molar-refractivity contribution is 0.0680. The summed E-state index contributed by atoms with van der Waals surface area (Å²) in [7, 11) is 0. The largest absolute Gasteiger partial charge is 0.475 e. The predicted octanol–water partition coefficient (Wildman–Crippen LogP) is 2.16. The van der Waals surface area contributed by atoms with Gasteiger partial charge in [-0.05, 0) is 37.1 Å². The van der Waals surface area contributed by atoms with Gasteiger partial charge in [0.15, 0.2) is 0 Å². The molecule has 0 spiro atoms. The van der Waals surface area contributed by atoms with Crippen LogP contribution in [0.4, 0.5) is 0 Å². The minimum absolute atomic E-state index is 0.234. The van der Waals surface area contributed by atoms with Crippen molar-refractivity contribution in [1.29, 1.82) is 0 Å². The Morgan fingerprint density at radius 3 is 2.62 bits per heavy atom. The lowest BCUT2D eigenvalue weighted by atomic mass is 9.89. The molecule has 0 unspecified atom stereocenters. The fraction of sp³-hybridized carbons (Fsp3) is 0.700. The number of carbonyl (C=O) groups is 1. The van der Waals surface area contributed by atoms with Gasteiger partial charge in [-0.15, -0.1) is 0 Å². The maximum atomic E-state index is 10.6. The number of aromatic nitrogens is 2. The Kier molecular flexibility index (Phi) is 3.48. The van der Waals surface area contributed by atoms with E-state index in [-0.39, 0.29) is 11.7 Å². The monoisotopic (exact) mass is 242 g/mol. The van der Waals surface area contributed by atoms with E-state index in [1.807, 2.05) is 11.8 Å². The van der Waals surface area contributed by atoms with Crippen molar-refractivity contribution in [3.8, 4) is 0 Å². The predicted molar refractivity (Wildman–Crippen MR) is 59.8 cm³/mol. The molecular formula is C10H14N2O3S. The molecule has 0 aromatic carbocycles. The molecule has 0 atom stereocenters. The number of carboxylic acids is 1. The zero-order chi connectivity index (χ0) is 11.5. The molecular weight excluding hydrogens is 228 g/mol. The van der Waals surface area contributed by atoms with E-state index >= 15 is 0 Å². The second-order valence-corrected chi connectivity index (χ2v) is 5.11. The van der Waals surface area contributed by atoms with Crippen LogP contribution in [0.15, 0.2) is 4.52 Å². The molecule has 88 valence electrons. The van der Waals surface area contributed by atoms with Crippen molar-refractivity contribution in [2.75, 3.05) is 6.26 Å². The zero-order valence-corrected chi connectivity index (χ0v) is 9.87. The molecule has 0 aliphatic heterocycles. The molecule has 1 fully saturated rings. The van der Waals surface area contributed by atoms with E-state index in [2.05, 4.69) is 16.4 Å². The van der Waals surface area contributed by atoms with E-state index in [0.29, 0.717) is 5.89 Å². The van der Waals surface area contributed by atoms with Gasteiger partial charge in [-0.2, -0.15) is 16.7 Å². The van der Waals surface area contributed by atoms with Crippen LogP contribution in [0.2, 0.25) is 0 Å². The average Bonchev–Trinajstić information content (AvgIpc) is 2.78. The molecule has 6 heteroatoms. The highest BCUT2D eigenvalue weighted by Crippen LogP contribution is 2.35. The summed E-state index contributed by atoms with van der Waals surface area (Å²) in [6.45, 7) is 0. The highest BCUT2D eigenvalue weighted by Gasteiger charge is 2.26. The van der Waals surface area contributed by atoms with Crippen LogP contribution in [0.1, 0.15) is 48.1 Å². The maximum absolute atomic E-state index is 10.6. The van der Waals surface area contributed by atoms with Crippen molar-refractivity contribution in [2.45, 2.75) is 36.9 Å². The van der Waals surface area contributed by atoms with Crippen molar-refractivity contribution < 1.29 is 14.4 Å². The van der Waals surface area contributed by atoms with Gasteiger partial charge >= 0.3 is 5.97 Å². The van der Waals surface area contributed by atoms with Crippen LogP contribution in [-0.2, 0) is 0 Å². The first-order chi connectivity index (χ1) is 7.70. The van der Waals surface area contributed by atoms with Crippen molar-refractivity contribution in [3.05, 3.63) is 11.7 Å². The van der Waals surface area contributed by atoms with Gasteiger partial charge in [0, 0.05) is 11.2 Å². The number of rotatable bonds is 3. The quantitative estimate of drug-likeness (QED) is 0.875. The fourth-order valence-electron chi connectivity index (χ4n) is 2.03. The third-order valence-electron chi connectivity index (χ3n) is 2.99. The van der Waals surface area contributed by atoms with Crippen LogP contribution in [-0.4, -0.2) is 32.7 Å². The highest BCUT2D eigenvalue weighted by atomic mass is 32.2. The smallest absolute Gasteiger partial charge is 0.377 e. The minimum atomic E-state index is -1.13. The Balaban J connectivity index is 2.00. The number of carboxylic acid groups (broad SMARTS) is 1. The van der Waals surface area contributed by atoms with E-state index in [1.165, 1.54) is 0 Å². The third kappa shape index (κ3) is 2.37. The minimum Gasteiger partial charge on any atom is -0.475 e. The molecule has 1 aromatic rings. The van der Waals surface area contributed by atoms with E-state index < -0.39 is 5.97 Å². The van der Waals surface area contributed by atoms with E-state index in [1.54, 1.807) is 0 Å². The molecule has 1 aliphatic carbocycles. The first kappa shape index (κ1) is 11.4. The first-order valence-electron chi connectivity index (χ1n) is 5.30. The molecule has 5 nitrogen and oxygen atoms in total. The summed E-state index contributed by atoms with van der Waals surface area (Å²) in [6, 6.07) is 0. The van der Waals surface area contributed by atoms with Crippen LogP contribution in [0, 0.1) is 0 Å². The number of aromatic carboxylic acids is 1. The summed E-state index contributed by atoms with van der Waals surface area (Å²) in [5, 5.41) is 12.8. The van der Waals surface area contributed by atoms with Crippen molar-refractivity contribution in [1.82, 2.24) is 10.1 Å². The Hall–Kier alpha value is -1.04. The third-order valence-corrected chi connectivity index (χ3v) is 4.13. The molecule has 16 heavy (non-hydrogen) atoms. The van der Waals surface area contributed by atoms with Crippen LogP contribution < -0.4 is 0 Å². The molecule has 1 aromatic heterocycles. The molecule has 0 bridgehead atoms. The standard InChI is InChI=1S/C10H14N2O3S/c1-16-7-4-2-6(3-5-7)9-11-8(10(13)14)12-15-9/h6-7H,2-5H2,1H3,(H,13,14). The summed E-state index contributed by atoms with van der Waals surface area (Å²) in [5.74, 6) is -0.643. The fourth-order valence-corrected chi connectivity index (χ4v) is 2.78. The summed E-state index contributed by atoms with van der Waals surface area (Å²) >= 11 is 1.89. The SMILES string of the molecule is CSC1CCC(c2nc(C(=O)O)no2)CC1. The first-order valence-corrected chi connectivity index (χ1v) is 6.59. The Morgan fingerprint density at radius 1 is 1.44 bits per heavy atom. The van der Waals surface area contributed by atoms with E-state index in [4.69, 9.17) is 9.63 Å². The van der Waals surface area contributed by atoms with Gasteiger partial charge in [-0.3, -0.25) is 0 Å². The Bertz CT molecular complexity index is 372. The van der Waals surface area contributed by atoms with E-state index in [0.717, 1.165) is 30.9 Å². The molecule has 2 rings (SSSR count). The molecule has 0 radical (unpaired) electrons. The second kappa shape index (κ2) is 4.86. The summed E-state index contributed by atoms with van der Waals surface area (Å²) in [5.41, 5.74) is 0. The van der Waals surface area contributed by atoms with Crippen LogP contribution in [0.3, 0.4) is 0 Å². The molecule has 1 heterocycles. The van der Waals surface area contributed by atoms with Gasteiger partial charge in [0.05, 0.1) is 0 Å². The topological polar surface area (TPSA) is 76.2 Å². The van der Waals surface area contributed by atoms with Gasteiger partial charge in [0.25, 0.3) is 5.82 Å². The Labute approximate surface area is 97.6 Å². The molecule has 1 saturated carbocycles. The van der Waals surface area contributed by atoms with E-state index in [9.17, 15) is 4.79 Å². The van der Waals surface area contributed by atoms with Gasteiger partial charge in [-0.25, -0.2) is 4.79 Å². The Morgan fingerprint density at radius 2 is 2.12 bits per heavy atom. The van der Waals surface area contributed by atoms with Crippen LogP contribution >= 0.6 is 11.8 Å². The van der Waals surface area contributed by atoms with Crippen molar-refractivity contribution in [2.24, 2.45) is 0 Å². The van der Waals surface area contributed by atoms with Gasteiger partial charge < -0.3 is 9.63 Å². The number of hydrogen-bond acceptors (Lipinski definition) is 5. The van der Waals surface area contributed by atoms with Gasteiger partial charge in [0.1, 0.15) is 0 Å². The van der Waals surface area contributed by atoms with Gasteiger partial charge in [0.2, 0.25) is 5.89 Å². The molecule has 0 saturated heterocycles. The van der Waals surface area contributed by atoms with Crippen molar-refractivity contribution in [3.63, 3.8) is 0 Å². The lowest BCUT2D eigenvalue weighted by Gasteiger charge is -2.24. The molecule has 1 N–H and O–H groups in total. The lowest BCUT2D eigenvalue weighted by Crippen LogP contribution is -2.15. The van der Waals surface area contributed by atoms with Crippen LogP contribution in [0.5, 0.6) is 0 Å². The summed E-state index contributed by atoms with van der Waals surface area (Å²) in [6.07, 6.45) is 6.41. The normalized spacial score (nSPS) is 25.6. The number of thioether (sulfide) groups is 1. The van der Waals surface area contributed by atoms with Crippen molar-refractivity contribution >= 4 is 17.7 Å². The average molecular weight is 242 g/mol. The zero-order valence-electron chi connectivity index (χ0n) is 9.05. The molecule has 0 amide bonds. The second-order valence-electron chi connectivity index (χ2n) is 3.97. The van der Waals surface area contributed by atoms with Gasteiger partial charge in [-0.1, -0.05) is 0 Å². The number of nitrogens with zero attached hydrogens (tertiary/aromatic N) is 2. The van der Waals surface area contributed by atoms with Crippen LogP contribution in [0.25, 0.3) is 0 Å². The molecule has 1 aliphatic rings. The highest BCUT2D eigenvalue weighted by molar-refractivity contribution is 7.99. The maximum Gasteiger partial charge on any atom is 0.377 e. The summed E-state index contributed by atoms with van der Waals surface area (Å²) in [4.78, 5) is 14.5. The summed E-state index contributed by atoms with van der Waals surface area (Å²) < 4.78 is 4.99.